The molecule has 36 heavy (non-hydrogen) atoms. The molecule has 1 aromatic heterocycles. The van der Waals surface area contributed by atoms with Crippen molar-refractivity contribution in [3.8, 4) is 23.3 Å². The van der Waals surface area contributed by atoms with Crippen molar-refractivity contribution in [1.82, 2.24) is 10.6 Å². The monoisotopic (exact) mass is 486 g/mol. The number of nitrogens with one attached hydrogen (secondary N) is 2. The summed E-state index contributed by atoms with van der Waals surface area (Å²) in [6.07, 6.45) is 1.49. The molecule has 10 nitrogen and oxygen atoms in total. The molecule has 2 aromatic carbocycles. The van der Waals surface area contributed by atoms with Gasteiger partial charge >= 0.3 is 0 Å². The van der Waals surface area contributed by atoms with E-state index in [1.165, 1.54) is 39.7 Å². The predicted molar refractivity (Wildman–Crippen MR) is 130 cm³/mol. The largest absolute Gasteiger partial charge is 0.493 e. The minimum absolute atomic E-state index is 0.111. The summed E-state index contributed by atoms with van der Waals surface area (Å²) in [6.45, 7) is 0.111. The highest BCUT2D eigenvalue weighted by atomic mass is 16.5. The third-order valence-corrected chi connectivity index (χ3v) is 5.40. The van der Waals surface area contributed by atoms with E-state index in [1.54, 1.807) is 36.4 Å². The molecule has 4 rings (SSSR count). The maximum Gasteiger partial charge on any atom is 0.264 e. The number of aliphatic imine (C=N–C) groups is 1. The minimum Gasteiger partial charge on any atom is -0.493 e. The third kappa shape index (κ3) is 4.63. The minimum atomic E-state index is -0.611. The molecule has 0 unspecified atom stereocenters. The first-order valence-corrected chi connectivity index (χ1v) is 10.8. The van der Waals surface area contributed by atoms with Crippen molar-refractivity contribution < 1.29 is 28.2 Å². The van der Waals surface area contributed by atoms with Crippen LogP contribution in [-0.4, -0.2) is 39.0 Å². The second-order valence-corrected chi connectivity index (χ2v) is 7.47. The summed E-state index contributed by atoms with van der Waals surface area (Å²) in [5.41, 5.74) is 1.32. The molecule has 2 heterocycles. The number of furan rings is 1. The van der Waals surface area contributed by atoms with Gasteiger partial charge in [-0.15, -0.1) is 0 Å². The molecule has 0 bridgehead atoms. The first kappa shape index (κ1) is 24.1. The van der Waals surface area contributed by atoms with Crippen molar-refractivity contribution in [2.24, 2.45) is 4.99 Å². The molecule has 182 valence electrons. The van der Waals surface area contributed by atoms with Gasteiger partial charge in [-0.3, -0.25) is 9.59 Å². The van der Waals surface area contributed by atoms with E-state index in [4.69, 9.17) is 18.6 Å². The van der Waals surface area contributed by atoms with Crippen molar-refractivity contribution in [3.05, 3.63) is 82.8 Å². The predicted octanol–water partition coefficient (Wildman–Crippen LogP) is 3.05. The lowest BCUT2D eigenvalue weighted by Crippen LogP contribution is -2.30. The lowest BCUT2D eigenvalue weighted by atomic mass is 10.0. The number of carbonyl (C=O) groups excluding carboxylic acids is 2. The van der Waals surface area contributed by atoms with Crippen molar-refractivity contribution >= 4 is 23.3 Å². The van der Waals surface area contributed by atoms with E-state index in [-0.39, 0.29) is 29.2 Å². The van der Waals surface area contributed by atoms with E-state index in [2.05, 4.69) is 15.6 Å². The SMILES string of the molecule is COc1cc(C(=O)NC2=N/C(=C(\C#N)C(=O)NCc3ccco3)c3ccccc32)cc(OC)c1OC. The number of ether oxygens (including phenoxy) is 3. The fourth-order valence-corrected chi connectivity index (χ4v) is 3.69. The number of fused-ring (bicyclic) bond motifs is 1. The van der Waals surface area contributed by atoms with Crippen LogP contribution < -0.4 is 24.8 Å². The Kier molecular flexibility index (Phi) is 7.02. The molecule has 0 atom stereocenters. The van der Waals surface area contributed by atoms with Crippen LogP contribution in [0.5, 0.6) is 17.2 Å². The van der Waals surface area contributed by atoms with Gasteiger partial charge in [0, 0.05) is 16.7 Å². The summed E-state index contributed by atoms with van der Waals surface area (Å²) >= 11 is 0. The number of amides is 2. The lowest BCUT2D eigenvalue weighted by Gasteiger charge is -2.14. The van der Waals surface area contributed by atoms with Gasteiger partial charge in [-0.2, -0.15) is 5.26 Å². The second kappa shape index (κ2) is 10.5. The fraction of sp³-hybridized carbons (Fsp3) is 0.154. The number of hydrogen-bond acceptors (Lipinski definition) is 8. The maximum absolute atomic E-state index is 13.1. The molecule has 10 heteroatoms. The van der Waals surface area contributed by atoms with Crippen molar-refractivity contribution in [3.63, 3.8) is 0 Å². The normalized spacial score (nSPS) is 13.1. The van der Waals surface area contributed by atoms with Crippen LogP contribution in [0.1, 0.15) is 27.2 Å². The summed E-state index contributed by atoms with van der Waals surface area (Å²) in [5.74, 6) is 0.618. The molecule has 0 saturated carbocycles. The van der Waals surface area contributed by atoms with E-state index in [0.29, 0.717) is 34.1 Å². The summed E-state index contributed by atoms with van der Waals surface area (Å²) in [5, 5.41) is 15.2. The molecule has 0 saturated heterocycles. The first-order chi connectivity index (χ1) is 17.5. The van der Waals surface area contributed by atoms with E-state index in [1.807, 2.05) is 6.07 Å². The summed E-state index contributed by atoms with van der Waals surface area (Å²) < 4.78 is 21.2. The van der Waals surface area contributed by atoms with Crippen molar-refractivity contribution in [2.45, 2.75) is 6.54 Å². The summed E-state index contributed by atoms with van der Waals surface area (Å²) in [6, 6.07) is 15.4. The van der Waals surface area contributed by atoms with Crippen LogP contribution in [0.3, 0.4) is 0 Å². The number of amidine groups is 1. The summed E-state index contributed by atoms with van der Waals surface area (Å²) in [7, 11) is 4.37. The number of benzene rings is 2. The molecule has 3 aromatic rings. The zero-order valence-electron chi connectivity index (χ0n) is 19.7. The molecule has 1 aliphatic heterocycles. The average Bonchev–Trinajstić information content (AvgIpc) is 3.55. The Bertz CT molecular complexity index is 1390. The molecule has 0 spiro atoms. The number of nitriles is 1. The van der Waals surface area contributed by atoms with E-state index in [0.717, 1.165) is 0 Å². The third-order valence-electron chi connectivity index (χ3n) is 5.40. The average molecular weight is 486 g/mol. The molecule has 0 aliphatic carbocycles. The van der Waals surface area contributed by atoms with Gasteiger partial charge in [0.05, 0.1) is 39.8 Å². The van der Waals surface area contributed by atoms with Gasteiger partial charge in [0.2, 0.25) is 5.75 Å². The Labute approximate surface area is 206 Å². The Balaban J connectivity index is 1.66. The van der Waals surface area contributed by atoms with E-state index >= 15 is 0 Å². The zero-order valence-corrected chi connectivity index (χ0v) is 19.7. The van der Waals surface area contributed by atoms with Crippen LogP contribution >= 0.6 is 0 Å². The number of carbonyl (C=O) groups is 2. The number of methoxy groups -OCH3 is 3. The Hall–Kier alpha value is -5.04. The maximum atomic E-state index is 13.1. The highest BCUT2D eigenvalue weighted by molar-refractivity contribution is 6.20. The molecule has 0 fully saturated rings. The van der Waals surface area contributed by atoms with Crippen molar-refractivity contribution in [1.29, 1.82) is 5.26 Å². The second-order valence-electron chi connectivity index (χ2n) is 7.47. The molecule has 0 radical (unpaired) electrons. The van der Waals surface area contributed by atoms with Crippen LogP contribution in [0.15, 0.2) is 69.8 Å². The smallest absolute Gasteiger partial charge is 0.264 e. The van der Waals surface area contributed by atoms with Crippen LogP contribution in [0.2, 0.25) is 0 Å². The van der Waals surface area contributed by atoms with Gasteiger partial charge in [0.25, 0.3) is 11.8 Å². The fourth-order valence-electron chi connectivity index (χ4n) is 3.69. The molecule has 2 amide bonds. The molecular weight excluding hydrogens is 464 g/mol. The van der Waals surface area contributed by atoms with Crippen molar-refractivity contribution in [2.75, 3.05) is 21.3 Å². The summed E-state index contributed by atoms with van der Waals surface area (Å²) in [4.78, 5) is 30.4. The number of nitrogens with zero attached hydrogens (tertiary/aromatic N) is 2. The van der Waals surface area contributed by atoms with Gasteiger partial charge in [-0.05, 0) is 24.3 Å². The van der Waals surface area contributed by atoms with Gasteiger partial charge in [0.15, 0.2) is 11.5 Å². The molecular formula is C26H22N4O6. The van der Waals surface area contributed by atoms with Gasteiger partial charge in [-0.25, -0.2) is 4.99 Å². The van der Waals surface area contributed by atoms with Crippen LogP contribution in [0.25, 0.3) is 5.70 Å². The van der Waals surface area contributed by atoms with E-state index < -0.39 is 11.8 Å². The lowest BCUT2D eigenvalue weighted by molar-refractivity contribution is -0.117. The quantitative estimate of drug-likeness (QED) is 0.387. The first-order valence-electron chi connectivity index (χ1n) is 10.8. The number of hydrogen-bond donors (Lipinski definition) is 2. The van der Waals surface area contributed by atoms with Gasteiger partial charge in [0.1, 0.15) is 23.2 Å². The van der Waals surface area contributed by atoms with E-state index in [9.17, 15) is 14.9 Å². The van der Waals surface area contributed by atoms with Crippen LogP contribution in [-0.2, 0) is 11.3 Å². The molecule has 2 N–H and O–H groups in total. The Morgan fingerprint density at radius 3 is 2.28 bits per heavy atom. The Morgan fingerprint density at radius 2 is 1.69 bits per heavy atom. The van der Waals surface area contributed by atoms with Gasteiger partial charge in [-0.1, -0.05) is 24.3 Å². The zero-order chi connectivity index (χ0) is 25.7. The molecule has 1 aliphatic rings. The van der Waals surface area contributed by atoms with Gasteiger partial charge < -0.3 is 29.3 Å². The van der Waals surface area contributed by atoms with Crippen LogP contribution in [0, 0.1) is 11.3 Å². The highest BCUT2D eigenvalue weighted by Crippen LogP contribution is 2.38. The standard InChI is InChI=1S/C26H22N4O6/c1-33-20-11-15(12-21(34-2)23(20)35-3)25(31)30-24-18-9-5-4-8-17(18)22(29-24)19(13-27)26(32)28-14-16-7-6-10-36-16/h4-12H,14H2,1-3H3,(H,28,32)(H,29,30,31)/b22-19+. The Morgan fingerprint density at radius 1 is 1.00 bits per heavy atom. The highest BCUT2D eigenvalue weighted by Gasteiger charge is 2.28. The number of rotatable bonds is 7. The topological polar surface area (TPSA) is 135 Å². The van der Waals surface area contributed by atoms with Crippen LogP contribution in [0.4, 0.5) is 0 Å².